The third-order valence-corrected chi connectivity index (χ3v) is 17.9. The Kier molecular flexibility index (Phi) is 4.94. The summed E-state index contributed by atoms with van der Waals surface area (Å²) in [5.74, 6) is 0. The van der Waals surface area contributed by atoms with Crippen LogP contribution >= 0.6 is 8.92 Å². The molecule has 14 heavy (non-hydrogen) atoms. The van der Waals surface area contributed by atoms with Gasteiger partial charge in [-0.2, -0.15) is 0 Å². The zero-order chi connectivity index (χ0) is 9.80. The molecule has 2 rings (SSSR count). The van der Waals surface area contributed by atoms with Crippen LogP contribution in [0.5, 0.6) is 0 Å². The first-order valence-corrected chi connectivity index (χ1v) is 14.5. The van der Waals surface area contributed by atoms with Crippen LogP contribution in [0.25, 0.3) is 0 Å². The van der Waals surface area contributed by atoms with Crippen molar-refractivity contribution in [3.63, 3.8) is 0 Å². The molecular formula is C12H23ClSn. The van der Waals surface area contributed by atoms with Crippen molar-refractivity contribution < 1.29 is 0 Å². The molecule has 0 unspecified atom stereocenters. The summed E-state index contributed by atoms with van der Waals surface area (Å²) in [5.41, 5.74) is 0. The fourth-order valence-electron chi connectivity index (χ4n) is 3.29. The van der Waals surface area contributed by atoms with Crippen molar-refractivity contribution in [1.82, 2.24) is 0 Å². The summed E-state index contributed by atoms with van der Waals surface area (Å²) in [4.78, 5) is 0. The second kappa shape index (κ2) is 5.98. The Bertz CT molecular complexity index is 142. The van der Waals surface area contributed by atoms with E-state index in [0.717, 1.165) is 7.87 Å². The predicted molar refractivity (Wildman–Crippen MR) is 66.7 cm³/mol. The number of hydrogen-bond acceptors (Lipinski definition) is 0. The Morgan fingerprint density at radius 2 is 1.00 bits per heavy atom. The fraction of sp³-hybridized carbons (Fsp3) is 1.00. The molecule has 2 heteroatoms. The summed E-state index contributed by atoms with van der Waals surface area (Å²) in [5, 5.41) is 0. The molecule has 2 aliphatic carbocycles. The Balaban J connectivity index is 1.82. The first kappa shape index (κ1) is 11.6. The van der Waals surface area contributed by atoms with E-state index < -0.39 is 18.6 Å². The molecule has 0 saturated heterocycles. The normalized spacial score (nSPS) is 27.0. The zero-order valence-electron chi connectivity index (χ0n) is 9.18. The van der Waals surface area contributed by atoms with Crippen LogP contribution < -0.4 is 0 Å². The molecule has 0 aliphatic heterocycles. The number of hydrogen-bond donors (Lipinski definition) is 0. The van der Waals surface area contributed by atoms with Gasteiger partial charge in [0.2, 0.25) is 0 Å². The van der Waals surface area contributed by atoms with E-state index >= 15 is 0 Å². The summed E-state index contributed by atoms with van der Waals surface area (Å²) in [6, 6.07) is 0. The fourth-order valence-corrected chi connectivity index (χ4v) is 15.2. The van der Waals surface area contributed by atoms with Gasteiger partial charge in [0, 0.05) is 0 Å². The van der Waals surface area contributed by atoms with E-state index in [9.17, 15) is 0 Å². The molecule has 0 N–H and O–H groups in total. The second-order valence-electron chi connectivity index (χ2n) is 5.24. The van der Waals surface area contributed by atoms with Crippen LogP contribution in [0.15, 0.2) is 0 Å². The summed E-state index contributed by atoms with van der Waals surface area (Å²) in [7, 11) is 6.85. The van der Waals surface area contributed by atoms with Crippen molar-refractivity contribution >= 4 is 27.6 Å². The summed E-state index contributed by atoms with van der Waals surface area (Å²) < 4.78 is 2.13. The number of rotatable bonds is 2. The molecule has 0 nitrogen and oxygen atoms in total. The van der Waals surface area contributed by atoms with Gasteiger partial charge < -0.3 is 0 Å². The molecule has 0 atom stereocenters. The van der Waals surface area contributed by atoms with Gasteiger partial charge in [0.15, 0.2) is 0 Å². The predicted octanol–water partition coefficient (Wildman–Crippen LogP) is 4.62. The van der Waals surface area contributed by atoms with Crippen molar-refractivity contribution in [2.75, 3.05) is 0 Å². The topological polar surface area (TPSA) is 0 Å². The zero-order valence-corrected chi connectivity index (χ0v) is 13.2. The molecule has 82 valence electrons. The second-order valence-corrected chi connectivity index (χ2v) is 16.5. The van der Waals surface area contributed by atoms with Gasteiger partial charge in [0.25, 0.3) is 0 Å². The van der Waals surface area contributed by atoms with Crippen molar-refractivity contribution in [3.05, 3.63) is 0 Å². The van der Waals surface area contributed by atoms with E-state index in [1.54, 1.807) is 0 Å². The molecule has 0 amide bonds. The molecule has 0 radical (unpaired) electrons. The average Bonchev–Trinajstić information content (AvgIpc) is 2.30. The molecule has 0 aromatic rings. The van der Waals surface area contributed by atoms with Gasteiger partial charge in [-0.1, -0.05) is 0 Å². The molecule has 0 bridgehead atoms. The van der Waals surface area contributed by atoms with E-state index in [-0.39, 0.29) is 0 Å². The molecule has 0 spiro atoms. The maximum atomic E-state index is 6.85. The standard InChI is InChI=1S/2C6H11.ClH.Sn.H/c2*1-2-4-6-5-3-1;;;/h2*1H,2-6H2;1H;;/q;;;+1;/p-1. The van der Waals surface area contributed by atoms with Crippen molar-refractivity contribution in [3.8, 4) is 0 Å². The van der Waals surface area contributed by atoms with Crippen LogP contribution in [0.3, 0.4) is 0 Å². The van der Waals surface area contributed by atoms with E-state index in [1.807, 2.05) is 0 Å². The number of halogens is 1. The quantitative estimate of drug-likeness (QED) is 0.651. The summed E-state index contributed by atoms with van der Waals surface area (Å²) in [6.07, 6.45) is 14.9. The van der Waals surface area contributed by atoms with Crippen LogP contribution in [0.1, 0.15) is 64.2 Å². The molecule has 0 aromatic carbocycles. The van der Waals surface area contributed by atoms with Gasteiger partial charge in [0.05, 0.1) is 0 Å². The molecular weight excluding hydrogens is 298 g/mol. The van der Waals surface area contributed by atoms with Crippen LogP contribution in [0.4, 0.5) is 0 Å². The summed E-state index contributed by atoms with van der Waals surface area (Å²) in [6.45, 7) is 0. The minimum absolute atomic E-state index is 1.07. The van der Waals surface area contributed by atoms with Gasteiger partial charge in [-0.25, -0.2) is 0 Å². The monoisotopic (exact) mass is 322 g/mol. The van der Waals surface area contributed by atoms with Gasteiger partial charge in [-0.15, -0.1) is 0 Å². The first-order chi connectivity index (χ1) is 6.88. The Hall–Kier alpha value is 1.09. The van der Waals surface area contributed by atoms with E-state index in [1.165, 1.54) is 64.2 Å². The van der Waals surface area contributed by atoms with Gasteiger partial charge >= 0.3 is 99.6 Å². The molecule has 2 saturated carbocycles. The SMILES string of the molecule is [Cl][SnH]([CH]1CCCCC1)[CH]1CCCCC1. The van der Waals surface area contributed by atoms with Gasteiger partial charge in [-0.3, -0.25) is 0 Å². The molecule has 2 fully saturated rings. The van der Waals surface area contributed by atoms with E-state index in [0.29, 0.717) is 0 Å². The van der Waals surface area contributed by atoms with Crippen molar-refractivity contribution in [2.45, 2.75) is 72.1 Å². The Morgan fingerprint density at radius 3 is 1.36 bits per heavy atom. The minimum atomic E-state index is -1.61. The van der Waals surface area contributed by atoms with Crippen LogP contribution in [0, 0.1) is 0 Å². The van der Waals surface area contributed by atoms with Gasteiger partial charge in [-0.05, 0) is 0 Å². The summed E-state index contributed by atoms with van der Waals surface area (Å²) >= 11 is -1.61. The molecule has 2 aliphatic rings. The van der Waals surface area contributed by atoms with Crippen LogP contribution in [-0.4, -0.2) is 18.6 Å². The van der Waals surface area contributed by atoms with Gasteiger partial charge in [0.1, 0.15) is 0 Å². The third-order valence-electron chi connectivity index (χ3n) is 4.20. The Labute approximate surface area is 99.2 Å². The van der Waals surface area contributed by atoms with E-state index in [4.69, 9.17) is 8.92 Å². The van der Waals surface area contributed by atoms with Crippen LogP contribution in [0.2, 0.25) is 7.87 Å². The van der Waals surface area contributed by atoms with Crippen molar-refractivity contribution in [1.29, 1.82) is 0 Å². The van der Waals surface area contributed by atoms with Crippen LogP contribution in [-0.2, 0) is 0 Å². The third kappa shape index (κ3) is 3.04. The van der Waals surface area contributed by atoms with Crippen molar-refractivity contribution in [2.24, 2.45) is 0 Å². The Morgan fingerprint density at radius 1 is 0.643 bits per heavy atom. The first-order valence-electron chi connectivity index (χ1n) is 6.52. The average molecular weight is 321 g/mol. The molecule has 0 aromatic heterocycles. The molecule has 0 heterocycles. The maximum absolute atomic E-state index is 6.85. The van der Waals surface area contributed by atoms with E-state index in [2.05, 4.69) is 0 Å².